The molecule has 0 aliphatic carbocycles. The van der Waals surface area contributed by atoms with E-state index in [0.29, 0.717) is 10.8 Å². The first-order chi connectivity index (χ1) is 6.75. The third-order valence-electron chi connectivity index (χ3n) is 2.23. The van der Waals surface area contributed by atoms with Crippen LogP contribution < -0.4 is 5.32 Å². The molecule has 1 N–H and O–H groups in total. The van der Waals surface area contributed by atoms with Gasteiger partial charge in [0.15, 0.2) is 0 Å². The van der Waals surface area contributed by atoms with Crippen LogP contribution in [0.1, 0.15) is 0 Å². The second-order valence-corrected chi connectivity index (χ2v) is 4.47. The Kier molecular flexibility index (Phi) is 3.03. The van der Waals surface area contributed by atoms with Crippen LogP contribution in [0.3, 0.4) is 0 Å². The monoisotopic (exact) mass is 215 g/mol. The van der Waals surface area contributed by atoms with Crippen LogP contribution in [0.15, 0.2) is 23.1 Å². The highest BCUT2D eigenvalue weighted by Gasteiger charge is 2.17. The molecular weight excluding hydrogens is 204 g/mol. The molecule has 0 bridgehead atoms. The van der Waals surface area contributed by atoms with E-state index in [1.807, 2.05) is 0 Å². The van der Waals surface area contributed by atoms with E-state index < -0.39 is 11.6 Å². The quantitative estimate of drug-likeness (QED) is 0.776. The Hall–Kier alpha value is -0.610. The molecule has 0 spiro atoms. The molecule has 1 fully saturated rings. The molecule has 0 atom stereocenters. The molecule has 1 heterocycles. The minimum absolute atomic E-state index is 0.456. The van der Waals surface area contributed by atoms with Crippen LogP contribution in [0.4, 0.5) is 8.78 Å². The second kappa shape index (κ2) is 4.28. The van der Waals surface area contributed by atoms with E-state index in [4.69, 9.17) is 0 Å². The molecule has 1 aliphatic rings. The molecule has 1 saturated heterocycles. The first kappa shape index (κ1) is 9.93. The minimum atomic E-state index is -0.517. The van der Waals surface area contributed by atoms with Crippen LogP contribution in [0.2, 0.25) is 0 Å². The Labute approximate surface area is 85.9 Å². The fraction of sp³-hybridized carbons (Fsp3) is 0.400. The van der Waals surface area contributed by atoms with Crippen LogP contribution >= 0.6 is 11.8 Å². The fourth-order valence-corrected chi connectivity index (χ4v) is 2.28. The Morgan fingerprint density at radius 3 is 2.71 bits per heavy atom. The first-order valence-electron chi connectivity index (χ1n) is 4.54. The lowest BCUT2D eigenvalue weighted by atomic mass is 10.1. The van der Waals surface area contributed by atoms with Gasteiger partial charge in [-0.3, -0.25) is 0 Å². The van der Waals surface area contributed by atoms with Crippen LogP contribution in [0.25, 0.3) is 0 Å². The van der Waals surface area contributed by atoms with E-state index in [1.165, 1.54) is 23.9 Å². The molecule has 0 saturated carbocycles. The van der Waals surface area contributed by atoms with Crippen LogP contribution in [0, 0.1) is 17.6 Å². The molecule has 2 rings (SSSR count). The van der Waals surface area contributed by atoms with Crippen LogP contribution in [0.5, 0.6) is 0 Å². The second-order valence-electron chi connectivity index (χ2n) is 3.41. The van der Waals surface area contributed by atoms with E-state index in [9.17, 15) is 8.78 Å². The maximum absolute atomic E-state index is 13.1. The predicted molar refractivity (Wildman–Crippen MR) is 53.4 cm³/mol. The van der Waals surface area contributed by atoms with Crippen molar-refractivity contribution >= 4 is 11.8 Å². The van der Waals surface area contributed by atoms with E-state index in [2.05, 4.69) is 5.32 Å². The molecule has 1 nitrogen and oxygen atoms in total. The van der Waals surface area contributed by atoms with Gasteiger partial charge in [-0.1, -0.05) is 0 Å². The van der Waals surface area contributed by atoms with Crippen molar-refractivity contribution in [2.24, 2.45) is 5.92 Å². The van der Waals surface area contributed by atoms with Crippen molar-refractivity contribution in [3.63, 3.8) is 0 Å². The molecule has 0 unspecified atom stereocenters. The number of halogens is 2. The zero-order valence-electron chi connectivity index (χ0n) is 7.59. The van der Waals surface area contributed by atoms with Gasteiger partial charge in [0.25, 0.3) is 0 Å². The van der Waals surface area contributed by atoms with Crippen LogP contribution in [-0.4, -0.2) is 18.8 Å². The number of rotatable bonds is 3. The van der Waals surface area contributed by atoms with Gasteiger partial charge in [0.1, 0.15) is 11.6 Å². The zero-order chi connectivity index (χ0) is 9.97. The zero-order valence-corrected chi connectivity index (χ0v) is 8.41. The predicted octanol–water partition coefficient (Wildman–Crippen LogP) is 2.28. The number of nitrogens with one attached hydrogen (secondary N) is 1. The molecule has 0 aromatic heterocycles. The van der Waals surface area contributed by atoms with E-state index in [0.717, 1.165) is 24.9 Å². The van der Waals surface area contributed by atoms with Crippen molar-refractivity contribution in [3.8, 4) is 0 Å². The lowest BCUT2D eigenvalue weighted by Gasteiger charge is -2.26. The summed E-state index contributed by atoms with van der Waals surface area (Å²) in [6, 6.07) is 3.73. The van der Waals surface area contributed by atoms with Gasteiger partial charge < -0.3 is 5.32 Å². The van der Waals surface area contributed by atoms with Gasteiger partial charge in [0, 0.05) is 16.7 Å². The van der Waals surface area contributed by atoms with Gasteiger partial charge in [-0.05, 0) is 31.1 Å². The molecule has 1 aliphatic heterocycles. The number of benzene rings is 1. The first-order valence-corrected chi connectivity index (χ1v) is 5.53. The summed E-state index contributed by atoms with van der Waals surface area (Å²) >= 11 is 1.46. The van der Waals surface area contributed by atoms with Gasteiger partial charge in [-0.25, -0.2) is 8.78 Å². The molecule has 14 heavy (non-hydrogen) atoms. The number of hydrogen-bond acceptors (Lipinski definition) is 2. The Balaban J connectivity index is 1.94. The maximum atomic E-state index is 13.1. The summed E-state index contributed by atoms with van der Waals surface area (Å²) < 4.78 is 25.7. The van der Waals surface area contributed by atoms with Gasteiger partial charge >= 0.3 is 0 Å². The lowest BCUT2D eigenvalue weighted by Crippen LogP contribution is -2.43. The van der Waals surface area contributed by atoms with Crippen molar-refractivity contribution in [1.29, 1.82) is 0 Å². The van der Waals surface area contributed by atoms with Gasteiger partial charge in [-0.15, -0.1) is 11.8 Å². The van der Waals surface area contributed by atoms with E-state index >= 15 is 0 Å². The van der Waals surface area contributed by atoms with Gasteiger partial charge in [0.05, 0.1) is 0 Å². The Morgan fingerprint density at radius 1 is 1.36 bits per heavy atom. The Morgan fingerprint density at radius 2 is 2.14 bits per heavy atom. The largest absolute Gasteiger partial charge is 0.316 e. The molecule has 76 valence electrons. The lowest BCUT2D eigenvalue weighted by molar-refractivity contribution is 0.385. The van der Waals surface area contributed by atoms with Crippen molar-refractivity contribution in [2.75, 3.05) is 18.8 Å². The van der Waals surface area contributed by atoms with Crippen molar-refractivity contribution < 1.29 is 8.78 Å². The summed E-state index contributed by atoms with van der Waals surface area (Å²) in [6.07, 6.45) is 0. The minimum Gasteiger partial charge on any atom is -0.316 e. The molecule has 1 aromatic carbocycles. The highest BCUT2D eigenvalue weighted by atomic mass is 32.2. The Bertz CT molecular complexity index is 326. The summed E-state index contributed by atoms with van der Waals surface area (Å²) in [5.41, 5.74) is 0. The molecule has 1 aromatic rings. The van der Waals surface area contributed by atoms with E-state index in [-0.39, 0.29) is 0 Å². The SMILES string of the molecule is Fc1ccc(SCC2CNC2)c(F)c1. The average molecular weight is 215 g/mol. The summed E-state index contributed by atoms with van der Waals surface area (Å²) in [5, 5.41) is 3.15. The smallest absolute Gasteiger partial charge is 0.139 e. The normalized spacial score (nSPS) is 16.7. The average Bonchev–Trinajstić information content (AvgIpc) is 2.05. The van der Waals surface area contributed by atoms with Crippen LogP contribution in [-0.2, 0) is 0 Å². The van der Waals surface area contributed by atoms with Crippen molar-refractivity contribution in [1.82, 2.24) is 5.32 Å². The third-order valence-corrected chi connectivity index (χ3v) is 3.51. The molecule has 0 radical (unpaired) electrons. The summed E-state index contributed by atoms with van der Waals surface area (Å²) in [7, 11) is 0. The number of thioether (sulfide) groups is 1. The maximum Gasteiger partial charge on any atom is 0.139 e. The third kappa shape index (κ3) is 2.25. The summed E-state index contributed by atoms with van der Waals surface area (Å²) in [4.78, 5) is 0.540. The van der Waals surface area contributed by atoms with Crippen molar-refractivity contribution in [3.05, 3.63) is 29.8 Å². The standard InChI is InChI=1S/C10H11F2NS/c11-8-1-2-10(9(12)3-8)14-6-7-4-13-5-7/h1-3,7,13H,4-6H2. The summed E-state index contributed by atoms with van der Waals surface area (Å²) in [5.74, 6) is 0.555. The molecular formula is C10H11F2NS. The van der Waals surface area contributed by atoms with Gasteiger partial charge in [0.2, 0.25) is 0 Å². The molecule has 0 amide bonds. The highest BCUT2D eigenvalue weighted by molar-refractivity contribution is 7.99. The van der Waals surface area contributed by atoms with Crippen molar-refractivity contribution in [2.45, 2.75) is 4.90 Å². The topological polar surface area (TPSA) is 12.0 Å². The summed E-state index contributed by atoms with van der Waals surface area (Å²) in [6.45, 7) is 2.02. The van der Waals surface area contributed by atoms with E-state index in [1.54, 1.807) is 0 Å². The highest BCUT2D eigenvalue weighted by Crippen LogP contribution is 2.25. The fourth-order valence-electron chi connectivity index (χ4n) is 1.27. The number of hydrogen-bond donors (Lipinski definition) is 1. The molecule has 4 heteroatoms. The van der Waals surface area contributed by atoms with Gasteiger partial charge in [-0.2, -0.15) is 0 Å².